The smallest absolute Gasteiger partial charge is 0.263 e. The van der Waals surface area contributed by atoms with Gasteiger partial charge < -0.3 is 4.90 Å². The van der Waals surface area contributed by atoms with Crippen molar-refractivity contribution in [2.24, 2.45) is 0 Å². The molecule has 2 aromatic heterocycles. The van der Waals surface area contributed by atoms with E-state index in [0.717, 1.165) is 52.4 Å². The Balaban J connectivity index is 1.61. The number of fused-ring (bicyclic) bond motifs is 1. The Morgan fingerprint density at radius 1 is 1.26 bits per heavy atom. The van der Waals surface area contributed by atoms with E-state index in [0.29, 0.717) is 0 Å². The predicted octanol–water partition coefficient (Wildman–Crippen LogP) is 3.52. The molecule has 0 unspecified atom stereocenters. The minimum Gasteiger partial charge on any atom is -0.344 e. The molecule has 3 aromatic rings. The molecule has 5 nitrogen and oxygen atoms in total. The highest BCUT2D eigenvalue weighted by Gasteiger charge is 2.32. The summed E-state index contributed by atoms with van der Waals surface area (Å²) < 4.78 is 13.1. The van der Waals surface area contributed by atoms with Crippen LogP contribution < -0.4 is 0 Å². The van der Waals surface area contributed by atoms with E-state index in [1.54, 1.807) is 31.4 Å². The van der Waals surface area contributed by atoms with E-state index < -0.39 is 0 Å². The van der Waals surface area contributed by atoms with Crippen LogP contribution >= 0.6 is 11.3 Å². The van der Waals surface area contributed by atoms with Gasteiger partial charge >= 0.3 is 0 Å². The van der Waals surface area contributed by atoms with Crippen LogP contribution in [0.1, 0.15) is 33.1 Å². The molecule has 1 saturated heterocycles. The van der Waals surface area contributed by atoms with Crippen LogP contribution in [0.2, 0.25) is 0 Å². The Bertz CT molecular complexity index is 970. The second-order valence-corrected chi connectivity index (χ2v) is 8.10. The number of thiophene rings is 1. The number of hydrogen-bond donors (Lipinski definition) is 0. The summed E-state index contributed by atoms with van der Waals surface area (Å²) in [5, 5.41) is 0. The molecule has 3 heterocycles. The highest BCUT2D eigenvalue weighted by Crippen LogP contribution is 2.39. The van der Waals surface area contributed by atoms with Crippen LogP contribution in [0.4, 0.5) is 4.39 Å². The van der Waals surface area contributed by atoms with Crippen molar-refractivity contribution in [3.8, 4) is 0 Å². The second kappa shape index (κ2) is 7.32. The average molecular weight is 384 g/mol. The van der Waals surface area contributed by atoms with Gasteiger partial charge in [-0.15, -0.1) is 11.3 Å². The van der Waals surface area contributed by atoms with Crippen LogP contribution in [-0.4, -0.2) is 52.9 Å². The highest BCUT2D eigenvalue weighted by molar-refractivity contribution is 7.20. The van der Waals surface area contributed by atoms with E-state index in [1.807, 2.05) is 12.1 Å². The van der Waals surface area contributed by atoms with Gasteiger partial charge in [0.25, 0.3) is 5.91 Å². The third-order valence-corrected chi connectivity index (χ3v) is 6.05. The predicted molar refractivity (Wildman–Crippen MR) is 104 cm³/mol. The lowest BCUT2D eigenvalue weighted by molar-refractivity contribution is 0.0831. The van der Waals surface area contributed by atoms with Crippen LogP contribution in [-0.2, 0) is 6.54 Å². The minimum atomic E-state index is -0.215. The molecule has 0 N–H and O–H groups in total. The van der Waals surface area contributed by atoms with Crippen molar-refractivity contribution < 1.29 is 9.18 Å². The Kier molecular flexibility index (Phi) is 4.88. The van der Waals surface area contributed by atoms with Gasteiger partial charge in [0, 0.05) is 51.1 Å². The molecule has 1 aliphatic rings. The fourth-order valence-electron chi connectivity index (χ4n) is 3.64. The van der Waals surface area contributed by atoms with E-state index >= 15 is 0 Å². The number of rotatable bonds is 4. The first-order chi connectivity index (χ1) is 13.0. The third kappa shape index (κ3) is 3.57. The fraction of sp³-hybridized carbons (Fsp3) is 0.350. The van der Waals surface area contributed by atoms with Crippen molar-refractivity contribution in [3.63, 3.8) is 0 Å². The van der Waals surface area contributed by atoms with Crippen LogP contribution in [0.3, 0.4) is 0 Å². The summed E-state index contributed by atoms with van der Waals surface area (Å²) in [5.41, 5.74) is 2.97. The van der Waals surface area contributed by atoms with Crippen molar-refractivity contribution in [1.82, 2.24) is 19.8 Å². The van der Waals surface area contributed by atoms with E-state index in [4.69, 9.17) is 0 Å². The summed E-state index contributed by atoms with van der Waals surface area (Å²) in [4.78, 5) is 27.2. The van der Waals surface area contributed by atoms with Gasteiger partial charge in [-0.25, -0.2) is 9.37 Å². The van der Waals surface area contributed by atoms with E-state index in [2.05, 4.69) is 14.9 Å². The van der Waals surface area contributed by atoms with Crippen molar-refractivity contribution in [2.45, 2.75) is 18.9 Å². The Labute approximate surface area is 161 Å². The van der Waals surface area contributed by atoms with Gasteiger partial charge in [0.1, 0.15) is 16.2 Å². The molecule has 1 aliphatic heterocycles. The van der Waals surface area contributed by atoms with Crippen LogP contribution in [0.5, 0.6) is 0 Å². The quantitative estimate of drug-likeness (QED) is 0.691. The average Bonchev–Trinajstić information content (AvgIpc) is 3.26. The van der Waals surface area contributed by atoms with Crippen molar-refractivity contribution in [3.05, 3.63) is 58.5 Å². The molecule has 0 bridgehead atoms. The van der Waals surface area contributed by atoms with Crippen LogP contribution in [0, 0.1) is 5.82 Å². The van der Waals surface area contributed by atoms with Crippen LogP contribution in [0.15, 0.2) is 36.7 Å². The summed E-state index contributed by atoms with van der Waals surface area (Å²) in [6.07, 6.45) is 4.33. The maximum atomic E-state index is 13.1. The fourth-order valence-corrected chi connectivity index (χ4v) is 4.85. The van der Waals surface area contributed by atoms with Crippen molar-refractivity contribution >= 4 is 27.6 Å². The number of hydrogen-bond acceptors (Lipinski definition) is 5. The Morgan fingerprint density at radius 2 is 2.00 bits per heavy atom. The molecule has 0 saturated carbocycles. The SMILES string of the molecule is CN(C)C(=O)c1sc2nccnc2c1[C@@H]1CCN(Cc2ccc(F)cc2)C1. The lowest BCUT2D eigenvalue weighted by Gasteiger charge is -2.17. The first-order valence-corrected chi connectivity index (χ1v) is 9.76. The molecule has 1 amide bonds. The van der Waals surface area contributed by atoms with Gasteiger partial charge in [-0.3, -0.25) is 14.7 Å². The summed E-state index contributed by atoms with van der Waals surface area (Å²) >= 11 is 1.43. The number of carbonyl (C=O) groups excluding carboxylic acids is 1. The summed E-state index contributed by atoms with van der Waals surface area (Å²) in [6.45, 7) is 2.57. The largest absolute Gasteiger partial charge is 0.344 e. The highest BCUT2D eigenvalue weighted by atomic mass is 32.1. The molecule has 27 heavy (non-hydrogen) atoms. The van der Waals surface area contributed by atoms with Crippen molar-refractivity contribution in [1.29, 1.82) is 0 Å². The van der Waals surface area contributed by atoms with Crippen LogP contribution in [0.25, 0.3) is 10.3 Å². The second-order valence-electron chi connectivity index (χ2n) is 7.10. The van der Waals surface area contributed by atoms with Crippen molar-refractivity contribution in [2.75, 3.05) is 27.2 Å². The summed E-state index contributed by atoms with van der Waals surface area (Å²) in [6, 6.07) is 6.65. The van der Waals surface area contributed by atoms with Gasteiger partial charge in [-0.1, -0.05) is 12.1 Å². The zero-order valence-corrected chi connectivity index (χ0v) is 16.2. The van der Waals surface area contributed by atoms with Gasteiger partial charge in [-0.2, -0.15) is 0 Å². The number of nitrogens with zero attached hydrogens (tertiary/aromatic N) is 4. The maximum Gasteiger partial charge on any atom is 0.263 e. The molecule has 0 aliphatic carbocycles. The number of benzene rings is 1. The molecular weight excluding hydrogens is 363 g/mol. The summed E-state index contributed by atoms with van der Waals surface area (Å²) in [5.74, 6) is 0.0368. The monoisotopic (exact) mass is 384 g/mol. The van der Waals surface area contributed by atoms with Gasteiger partial charge in [-0.05, 0) is 30.7 Å². The van der Waals surface area contributed by atoms with Gasteiger partial charge in [0.2, 0.25) is 0 Å². The van der Waals surface area contributed by atoms with E-state index in [-0.39, 0.29) is 17.6 Å². The first-order valence-electron chi connectivity index (χ1n) is 8.95. The van der Waals surface area contributed by atoms with E-state index in [1.165, 1.54) is 23.5 Å². The van der Waals surface area contributed by atoms with Gasteiger partial charge in [0.15, 0.2) is 0 Å². The normalized spacial score (nSPS) is 17.5. The number of aromatic nitrogens is 2. The number of halogens is 1. The molecule has 4 rings (SSSR count). The number of amides is 1. The Morgan fingerprint density at radius 3 is 2.74 bits per heavy atom. The molecule has 140 valence electrons. The topological polar surface area (TPSA) is 49.3 Å². The van der Waals surface area contributed by atoms with E-state index in [9.17, 15) is 9.18 Å². The molecule has 1 fully saturated rings. The third-order valence-electron chi connectivity index (χ3n) is 4.96. The molecule has 7 heteroatoms. The molecule has 1 aromatic carbocycles. The minimum absolute atomic E-state index is 0.00628. The first kappa shape index (κ1) is 18.0. The lowest BCUT2D eigenvalue weighted by atomic mass is 9.97. The molecular formula is C20H21FN4OS. The number of carbonyl (C=O) groups is 1. The maximum absolute atomic E-state index is 13.1. The molecule has 0 spiro atoms. The standard InChI is InChI=1S/C20H21FN4OS/c1-24(2)20(26)18-16(17-19(27-18)23-9-8-22-17)14-7-10-25(12-14)11-13-3-5-15(21)6-4-13/h3-6,8-9,14H,7,10-12H2,1-2H3/t14-/m1/s1. The zero-order chi connectivity index (χ0) is 19.0. The Hall–Kier alpha value is -2.38. The lowest BCUT2D eigenvalue weighted by Crippen LogP contribution is -2.23. The molecule has 0 radical (unpaired) electrons. The van der Waals surface area contributed by atoms with Gasteiger partial charge in [0.05, 0.1) is 4.88 Å². The zero-order valence-electron chi connectivity index (χ0n) is 15.4. The molecule has 1 atom stereocenters. The summed E-state index contributed by atoms with van der Waals surface area (Å²) in [7, 11) is 3.54. The number of likely N-dealkylation sites (tertiary alicyclic amines) is 1.